The smallest absolute Gasteiger partial charge is 0.337 e. The number of nitrogens with one attached hydrogen (secondary N) is 1. The van der Waals surface area contributed by atoms with Crippen molar-refractivity contribution >= 4 is 27.6 Å². The second-order valence-corrected chi connectivity index (χ2v) is 8.96. The Morgan fingerprint density at radius 3 is 2.55 bits per heavy atom. The molecule has 2 aromatic carbocycles. The van der Waals surface area contributed by atoms with Crippen LogP contribution in [0.1, 0.15) is 28.8 Å². The molecule has 0 unspecified atom stereocenters. The molecule has 0 radical (unpaired) electrons. The van der Waals surface area contributed by atoms with Crippen molar-refractivity contribution in [2.24, 2.45) is 5.92 Å². The van der Waals surface area contributed by atoms with Crippen LogP contribution in [-0.2, 0) is 19.6 Å². The van der Waals surface area contributed by atoms with Crippen molar-refractivity contribution < 1.29 is 22.7 Å². The van der Waals surface area contributed by atoms with Gasteiger partial charge in [0.1, 0.15) is 0 Å². The molecule has 0 aromatic heterocycles. The van der Waals surface area contributed by atoms with Gasteiger partial charge in [0, 0.05) is 18.8 Å². The second kappa shape index (κ2) is 8.75. The fraction of sp³-hybridized carbons (Fsp3) is 0.333. The molecule has 1 aliphatic rings. The fourth-order valence-electron chi connectivity index (χ4n) is 3.35. The second-order valence-electron chi connectivity index (χ2n) is 7.03. The van der Waals surface area contributed by atoms with Gasteiger partial charge in [-0.2, -0.15) is 4.31 Å². The number of sulfonamides is 1. The lowest BCUT2D eigenvalue weighted by atomic mass is 9.98. The van der Waals surface area contributed by atoms with E-state index >= 15 is 0 Å². The van der Waals surface area contributed by atoms with Crippen LogP contribution in [0.25, 0.3) is 0 Å². The highest BCUT2D eigenvalue weighted by molar-refractivity contribution is 7.89. The predicted molar refractivity (Wildman–Crippen MR) is 109 cm³/mol. The Balaban J connectivity index is 1.75. The summed E-state index contributed by atoms with van der Waals surface area (Å²) in [6, 6.07) is 13.2. The van der Waals surface area contributed by atoms with Crippen molar-refractivity contribution in [3.63, 3.8) is 0 Å². The normalized spacial score (nSPS) is 17.5. The van der Waals surface area contributed by atoms with Crippen LogP contribution in [0, 0.1) is 12.8 Å². The number of aryl methyl sites for hydroxylation is 1. The van der Waals surface area contributed by atoms with E-state index in [0.717, 1.165) is 5.56 Å². The standard InChI is InChI=1S/C21H24N2O5S/c1-15-10-11-16(21(25)28-2)13-19(15)22-20(24)17-7-6-12-23(14-17)29(26,27)18-8-4-3-5-9-18/h3-5,8-11,13,17H,6-7,12,14H2,1-2H3,(H,22,24)/t17-/m0/s1. The van der Waals surface area contributed by atoms with Gasteiger partial charge in [0.2, 0.25) is 15.9 Å². The Morgan fingerprint density at radius 2 is 1.86 bits per heavy atom. The fourth-order valence-corrected chi connectivity index (χ4v) is 4.90. The number of esters is 1. The number of methoxy groups -OCH3 is 1. The average Bonchev–Trinajstić information content (AvgIpc) is 2.75. The highest BCUT2D eigenvalue weighted by Crippen LogP contribution is 2.25. The van der Waals surface area contributed by atoms with E-state index in [1.165, 1.54) is 11.4 Å². The first-order valence-corrected chi connectivity index (χ1v) is 10.8. The molecule has 1 amide bonds. The lowest BCUT2D eigenvalue weighted by Gasteiger charge is -2.31. The third-order valence-electron chi connectivity index (χ3n) is 5.05. The number of nitrogens with zero attached hydrogens (tertiary/aromatic N) is 1. The van der Waals surface area contributed by atoms with E-state index in [0.29, 0.717) is 30.6 Å². The highest BCUT2D eigenvalue weighted by atomic mass is 32.2. The zero-order valence-corrected chi connectivity index (χ0v) is 17.2. The van der Waals surface area contributed by atoms with E-state index < -0.39 is 21.9 Å². The predicted octanol–water partition coefficient (Wildman–Crippen LogP) is 2.82. The summed E-state index contributed by atoms with van der Waals surface area (Å²) in [5.41, 5.74) is 1.65. The van der Waals surface area contributed by atoms with Crippen molar-refractivity contribution in [3.05, 3.63) is 59.7 Å². The number of hydrogen-bond donors (Lipinski definition) is 1. The number of amides is 1. The number of hydrogen-bond acceptors (Lipinski definition) is 5. The summed E-state index contributed by atoms with van der Waals surface area (Å²) in [6.45, 7) is 2.33. The molecular weight excluding hydrogens is 392 g/mol. The zero-order chi connectivity index (χ0) is 21.0. The van der Waals surface area contributed by atoms with E-state index in [4.69, 9.17) is 4.74 Å². The maximum Gasteiger partial charge on any atom is 0.337 e. The van der Waals surface area contributed by atoms with Gasteiger partial charge >= 0.3 is 5.97 Å². The molecule has 1 N–H and O–H groups in total. The quantitative estimate of drug-likeness (QED) is 0.757. The van der Waals surface area contributed by atoms with Gasteiger partial charge in [-0.05, 0) is 49.6 Å². The molecule has 1 aliphatic heterocycles. The lowest BCUT2D eigenvalue weighted by Crippen LogP contribution is -2.43. The number of anilines is 1. The SMILES string of the molecule is COC(=O)c1ccc(C)c(NC(=O)[C@H]2CCCN(S(=O)(=O)c3ccccc3)C2)c1. The molecule has 0 saturated carbocycles. The Bertz CT molecular complexity index is 1000. The van der Waals surface area contributed by atoms with Crippen molar-refractivity contribution in [1.82, 2.24) is 4.31 Å². The Labute approximate surface area is 170 Å². The molecular formula is C21H24N2O5S. The number of benzene rings is 2. The summed E-state index contributed by atoms with van der Waals surface area (Å²) in [4.78, 5) is 24.8. The molecule has 2 aromatic rings. The Kier molecular flexibility index (Phi) is 6.34. The minimum Gasteiger partial charge on any atom is -0.465 e. The van der Waals surface area contributed by atoms with E-state index in [-0.39, 0.29) is 17.3 Å². The monoisotopic (exact) mass is 416 g/mol. The molecule has 154 valence electrons. The van der Waals surface area contributed by atoms with Gasteiger partial charge in [0.05, 0.1) is 23.5 Å². The maximum atomic E-state index is 12.9. The van der Waals surface area contributed by atoms with Crippen LogP contribution in [0.5, 0.6) is 0 Å². The van der Waals surface area contributed by atoms with Crippen molar-refractivity contribution in [2.75, 3.05) is 25.5 Å². The number of ether oxygens (including phenoxy) is 1. The minimum absolute atomic E-state index is 0.124. The molecule has 0 bridgehead atoms. The molecule has 29 heavy (non-hydrogen) atoms. The van der Waals surface area contributed by atoms with Gasteiger partial charge in [0.15, 0.2) is 0 Å². The lowest BCUT2D eigenvalue weighted by molar-refractivity contribution is -0.120. The number of carbonyl (C=O) groups excluding carboxylic acids is 2. The summed E-state index contributed by atoms with van der Waals surface area (Å²) >= 11 is 0. The van der Waals surface area contributed by atoms with E-state index in [2.05, 4.69) is 5.32 Å². The highest BCUT2D eigenvalue weighted by Gasteiger charge is 2.33. The van der Waals surface area contributed by atoms with Gasteiger partial charge in [-0.3, -0.25) is 4.79 Å². The summed E-state index contributed by atoms with van der Waals surface area (Å²) in [7, 11) is -2.34. The van der Waals surface area contributed by atoms with E-state index in [9.17, 15) is 18.0 Å². The topological polar surface area (TPSA) is 92.8 Å². The molecule has 8 heteroatoms. The first kappa shape index (κ1) is 21.0. The first-order chi connectivity index (χ1) is 13.8. The van der Waals surface area contributed by atoms with Crippen LogP contribution in [0.3, 0.4) is 0 Å². The van der Waals surface area contributed by atoms with E-state index in [1.54, 1.807) is 48.5 Å². The minimum atomic E-state index is -3.64. The molecule has 0 aliphatic carbocycles. The summed E-state index contributed by atoms with van der Waals surface area (Å²) in [5, 5.41) is 2.84. The average molecular weight is 416 g/mol. The van der Waals surface area contributed by atoms with Gasteiger partial charge in [0.25, 0.3) is 0 Å². The maximum absolute atomic E-state index is 12.9. The van der Waals surface area contributed by atoms with Crippen LogP contribution in [0.2, 0.25) is 0 Å². The van der Waals surface area contributed by atoms with Crippen molar-refractivity contribution in [3.8, 4) is 0 Å². The van der Waals surface area contributed by atoms with Crippen LogP contribution >= 0.6 is 0 Å². The summed E-state index contributed by atoms with van der Waals surface area (Å²) in [6.07, 6.45) is 1.20. The molecule has 0 spiro atoms. The Hall–Kier alpha value is -2.71. The molecule has 1 fully saturated rings. The molecule has 7 nitrogen and oxygen atoms in total. The van der Waals surface area contributed by atoms with Crippen molar-refractivity contribution in [1.29, 1.82) is 0 Å². The first-order valence-electron chi connectivity index (χ1n) is 9.38. The molecule has 3 rings (SSSR count). The van der Waals surface area contributed by atoms with Gasteiger partial charge < -0.3 is 10.1 Å². The van der Waals surface area contributed by atoms with Crippen LogP contribution in [-0.4, -0.2) is 44.8 Å². The number of piperidine rings is 1. The third-order valence-corrected chi connectivity index (χ3v) is 6.93. The molecule has 1 saturated heterocycles. The van der Waals surface area contributed by atoms with Crippen LogP contribution in [0.4, 0.5) is 5.69 Å². The van der Waals surface area contributed by atoms with Crippen molar-refractivity contribution in [2.45, 2.75) is 24.7 Å². The number of rotatable bonds is 5. The van der Waals surface area contributed by atoms with Crippen LogP contribution < -0.4 is 5.32 Å². The largest absolute Gasteiger partial charge is 0.465 e. The van der Waals surface area contributed by atoms with Gasteiger partial charge in [-0.25, -0.2) is 13.2 Å². The van der Waals surface area contributed by atoms with Gasteiger partial charge in [-0.1, -0.05) is 24.3 Å². The molecule has 1 atom stereocenters. The summed E-state index contributed by atoms with van der Waals surface area (Å²) in [5.74, 6) is -1.22. The van der Waals surface area contributed by atoms with E-state index in [1.807, 2.05) is 6.92 Å². The third kappa shape index (κ3) is 4.65. The van der Waals surface area contributed by atoms with Crippen LogP contribution in [0.15, 0.2) is 53.4 Å². The summed E-state index contributed by atoms with van der Waals surface area (Å²) < 4.78 is 31.8. The zero-order valence-electron chi connectivity index (χ0n) is 16.4. The number of carbonyl (C=O) groups is 2. The van der Waals surface area contributed by atoms with Gasteiger partial charge in [-0.15, -0.1) is 0 Å². The Morgan fingerprint density at radius 1 is 1.14 bits per heavy atom. The molecule has 1 heterocycles.